The molecule has 0 saturated carbocycles. The van der Waals surface area contributed by atoms with Crippen molar-refractivity contribution < 1.29 is 9.59 Å². The number of aromatic amines is 1. The van der Waals surface area contributed by atoms with Crippen molar-refractivity contribution in [2.45, 2.75) is 0 Å². The topological polar surface area (TPSA) is 103 Å². The Kier molecular flexibility index (Phi) is 4.32. The molecule has 5 N–H and O–H groups in total. The molecule has 2 aromatic rings. The van der Waals surface area contributed by atoms with Gasteiger partial charge in [-0.2, -0.15) is 0 Å². The van der Waals surface area contributed by atoms with Crippen molar-refractivity contribution in [1.82, 2.24) is 20.5 Å². The predicted molar refractivity (Wildman–Crippen MR) is 82.1 cm³/mol. The summed E-state index contributed by atoms with van der Waals surface area (Å²) in [7, 11) is 3.32. The molecule has 0 radical (unpaired) electrons. The van der Waals surface area contributed by atoms with E-state index in [-0.39, 0.29) is 11.9 Å². The smallest absolute Gasteiger partial charge is 0.316 e. The second-order valence-electron chi connectivity index (χ2n) is 4.89. The Morgan fingerprint density at radius 3 is 2.67 bits per heavy atom. The van der Waals surface area contributed by atoms with E-state index in [4.69, 9.17) is 5.73 Å². The highest BCUT2D eigenvalue weighted by Gasteiger charge is 2.11. The summed E-state index contributed by atoms with van der Waals surface area (Å²) in [6.45, 7) is 0.734. The standard InChI is InChI=1S/C14H19N5O2/c1-19(2)14(21)17-6-5-16-13(20)11-8-18-12-7-9(15)3-4-10(11)12/h3-4,7-8,18H,5-6,15H2,1-2H3,(H,16,20)(H,17,21). The maximum atomic E-state index is 12.1. The summed E-state index contributed by atoms with van der Waals surface area (Å²) in [6, 6.07) is 5.16. The van der Waals surface area contributed by atoms with Crippen molar-refractivity contribution >= 4 is 28.5 Å². The molecule has 0 saturated heterocycles. The summed E-state index contributed by atoms with van der Waals surface area (Å²) in [5.74, 6) is -0.190. The second kappa shape index (κ2) is 6.17. The Hall–Kier alpha value is -2.70. The molecule has 21 heavy (non-hydrogen) atoms. The summed E-state index contributed by atoms with van der Waals surface area (Å²) < 4.78 is 0. The van der Waals surface area contributed by atoms with Gasteiger partial charge in [-0.1, -0.05) is 0 Å². The van der Waals surface area contributed by atoms with Gasteiger partial charge in [0.25, 0.3) is 5.91 Å². The number of fused-ring (bicyclic) bond motifs is 1. The molecule has 1 aromatic carbocycles. The number of nitrogens with two attached hydrogens (primary N) is 1. The van der Waals surface area contributed by atoms with Gasteiger partial charge < -0.3 is 26.3 Å². The first kappa shape index (κ1) is 14.7. The summed E-state index contributed by atoms with van der Waals surface area (Å²) in [6.07, 6.45) is 1.65. The predicted octanol–water partition coefficient (Wildman–Crippen LogP) is 0.751. The number of benzene rings is 1. The van der Waals surface area contributed by atoms with Gasteiger partial charge in [-0.15, -0.1) is 0 Å². The molecule has 7 heteroatoms. The third kappa shape index (κ3) is 3.44. The largest absolute Gasteiger partial charge is 0.399 e. The molecule has 0 bridgehead atoms. The van der Waals surface area contributed by atoms with Crippen molar-refractivity contribution in [2.24, 2.45) is 0 Å². The lowest BCUT2D eigenvalue weighted by Crippen LogP contribution is -2.39. The van der Waals surface area contributed by atoms with Crippen LogP contribution in [-0.2, 0) is 0 Å². The molecule has 1 aromatic heterocycles. The summed E-state index contributed by atoms with van der Waals surface area (Å²) >= 11 is 0. The van der Waals surface area contributed by atoms with Crippen LogP contribution in [0.3, 0.4) is 0 Å². The van der Waals surface area contributed by atoms with E-state index in [9.17, 15) is 9.59 Å². The number of hydrogen-bond donors (Lipinski definition) is 4. The van der Waals surface area contributed by atoms with Crippen molar-refractivity contribution in [3.63, 3.8) is 0 Å². The minimum absolute atomic E-state index is 0.188. The number of hydrogen-bond acceptors (Lipinski definition) is 3. The normalized spacial score (nSPS) is 10.4. The van der Waals surface area contributed by atoms with Crippen LogP contribution in [0.25, 0.3) is 10.9 Å². The zero-order valence-corrected chi connectivity index (χ0v) is 12.1. The fourth-order valence-corrected chi connectivity index (χ4v) is 1.93. The van der Waals surface area contributed by atoms with E-state index in [1.54, 1.807) is 32.4 Å². The van der Waals surface area contributed by atoms with Crippen LogP contribution in [0.2, 0.25) is 0 Å². The number of anilines is 1. The molecule has 1 heterocycles. The van der Waals surface area contributed by atoms with Gasteiger partial charge in [-0.25, -0.2) is 4.79 Å². The van der Waals surface area contributed by atoms with Crippen LogP contribution in [0.1, 0.15) is 10.4 Å². The molecule has 3 amide bonds. The number of rotatable bonds is 4. The molecule has 0 fully saturated rings. The minimum Gasteiger partial charge on any atom is -0.399 e. The Labute approximate surface area is 122 Å². The van der Waals surface area contributed by atoms with Crippen molar-refractivity contribution in [3.8, 4) is 0 Å². The van der Waals surface area contributed by atoms with Crippen LogP contribution >= 0.6 is 0 Å². The Bertz CT molecular complexity index is 662. The summed E-state index contributed by atoms with van der Waals surface area (Å²) in [4.78, 5) is 27.9. The number of H-pyrrole nitrogens is 1. The van der Waals surface area contributed by atoms with E-state index in [0.29, 0.717) is 24.3 Å². The molecular formula is C14H19N5O2. The van der Waals surface area contributed by atoms with Crippen LogP contribution in [0.15, 0.2) is 24.4 Å². The molecule has 7 nitrogen and oxygen atoms in total. The SMILES string of the molecule is CN(C)C(=O)NCCNC(=O)c1c[nH]c2cc(N)ccc12. The first-order valence-electron chi connectivity index (χ1n) is 6.59. The van der Waals surface area contributed by atoms with E-state index in [1.807, 2.05) is 6.07 Å². The van der Waals surface area contributed by atoms with E-state index < -0.39 is 0 Å². The van der Waals surface area contributed by atoms with Gasteiger partial charge in [-0.05, 0) is 18.2 Å². The number of urea groups is 1. The van der Waals surface area contributed by atoms with Gasteiger partial charge in [0.2, 0.25) is 0 Å². The van der Waals surface area contributed by atoms with Crippen molar-refractivity contribution in [2.75, 3.05) is 32.9 Å². The Balaban J connectivity index is 1.92. The number of nitrogens with one attached hydrogen (secondary N) is 3. The van der Waals surface area contributed by atoms with E-state index in [0.717, 1.165) is 10.9 Å². The molecular weight excluding hydrogens is 270 g/mol. The molecule has 0 aliphatic heterocycles. The number of amides is 3. The molecule has 0 unspecified atom stereocenters. The lowest BCUT2D eigenvalue weighted by Gasteiger charge is -2.12. The fourth-order valence-electron chi connectivity index (χ4n) is 1.93. The first-order chi connectivity index (χ1) is 9.99. The average molecular weight is 289 g/mol. The highest BCUT2D eigenvalue weighted by Crippen LogP contribution is 2.20. The third-order valence-electron chi connectivity index (χ3n) is 3.04. The molecule has 0 aliphatic rings. The minimum atomic E-state index is -0.190. The summed E-state index contributed by atoms with van der Waals surface area (Å²) in [5, 5.41) is 6.26. The van der Waals surface area contributed by atoms with Crippen LogP contribution < -0.4 is 16.4 Å². The van der Waals surface area contributed by atoms with Gasteiger partial charge in [0.1, 0.15) is 0 Å². The quantitative estimate of drug-likeness (QED) is 0.493. The number of nitrogen functional groups attached to an aromatic ring is 1. The van der Waals surface area contributed by atoms with Gasteiger partial charge >= 0.3 is 6.03 Å². The van der Waals surface area contributed by atoms with Crippen LogP contribution in [-0.4, -0.2) is 49.0 Å². The number of carbonyl (C=O) groups is 2. The Morgan fingerprint density at radius 1 is 1.24 bits per heavy atom. The lowest BCUT2D eigenvalue weighted by atomic mass is 10.1. The highest BCUT2D eigenvalue weighted by atomic mass is 16.2. The van der Waals surface area contributed by atoms with E-state index in [2.05, 4.69) is 15.6 Å². The van der Waals surface area contributed by atoms with Crippen molar-refractivity contribution in [1.29, 1.82) is 0 Å². The second-order valence-corrected chi connectivity index (χ2v) is 4.89. The fraction of sp³-hybridized carbons (Fsp3) is 0.286. The maximum absolute atomic E-state index is 12.1. The molecule has 0 spiro atoms. The maximum Gasteiger partial charge on any atom is 0.316 e. The molecule has 0 atom stereocenters. The van der Waals surface area contributed by atoms with Gasteiger partial charge in [0.15, 0.2) is 0 Å². The molecule has 112 valence electrons. The summed E-state index contributed by atoms with van der Waals surface area (Å²) in [5.41, 5.74) is 7.72. The van der Waals surface area contributed by atoms with Crippen LogP contribution in [0.5, 0.6) is 0 Å². The number of carbonyl (C=O) groups excluding carboxylic acids is 2. The highest BCUT2D eigenvalue weighted by molar-refractivity contribution is 6.07. The third-order valence-corrected chi connectivity index (χ3v) is 3.04. The zero-order valence-electron chi connectivity index (χ0n) is 12.1. The van der Waals surface area contributed by atoms with Crippen LogP contribution in [0, 0.1) is 0 Å². The number of nitrogens with zero attached hydrogens (tertiary/aromatic N) is 1. The first-order valence-corrected chi connectivity index (χ1v) is 6.59. The van der Waals surface area contributed by atoms with Crippen LogP contribution in [0.4, 0.5) is 10.5 Å². The lowest BCUT2D eigenvalue weighted by molar-refractivity contribution is 0.0955. The molecule has 0 aliphatic carbocycles. The Morgan fingerprint density at radius 2 is 1.95 bits per heavy atom. The van der Waals surface area contributed by atoms with Gasteiger partial charge in [0, 0.05) is 50.0 Å². The van der Waals surface area contributed by atoms with E-state index >= 15 is 0 Å². The van der Waals surface area contributed by atoms with Gasteiger partial charge in [0.05, 0.1) is 5.56 Å². The van der Waals surface area contributed by atoms with E-state index in [1.165, 1.54) is 4.90 Å². The van der Waals surface area contributed by atoms with Crippen molar-refractivity contribution in [3.05, 3.63) is 30.0 Å². The monoisotopic (exact) mass is 289 g/mol. The zero-order chi connectivity index (χ0) is 15.4. The number of aromatic nitrogens is 1. The van der Waals surface area contributed by atoms with Gasteiger partial charge in [-0.3, -0.25) is 4.79 Å². The average Bonchev–Trinajstić information content (AvgIpc) is 2.85. The molecule has 2 rings (SSSR count).